The Kier molecular flexibility index (Phi) is 4.46. The highest BCUT2D eigenvalue weighted by atomic mass is 32.2. The van der Waals surface area contributed by atoms with Crippen molar-refractivity contribution >= 4 is 11.8 Å². The van der Waals surface area contributed by atoms with Gasteiger partial charge in [-0.25, -0.2) is 0 Å². The number of fused-ring (bicyclic) bond motifs is 1. The van der Waals surface area contributed by atoms with Crippen LogP contribution in [-0.2, 0) is 0 Å². The predicted molar refractivity (Wildman–Crippen MR) is 82.8 cm³/mol. The fourth-order valence-electron chi connectivity index (χ4n) is 3.52. The van der Waals surface area contributed by atoms with E-state index in [0.29, 0.717) is 6.04 Å². The summed E-state index contributed by atoms with van der Waals surface area (Å²) in [6, 6.07) is 10.4. The zero-order valence-corrected chi connectivity index (χ0v) is 12.6. The van der Waals surface area contributed by atoms with Crippen molar-refractivity contribution in [1.82, 2.24) is 10.2 Å². The van der Waals surface area contributed by atoms with Gasteiger partial charge in [-0.05, 0) is 49.7 Å². The van der Waals surface area contributed by atoms with Gasteiger partial charge in [0, 0.05) is 23.5 Å². The summed E-state index contributed by atoms with van der Waals surface area (Å²) in [6.45, 7) is 5.85. The first-order valence-electron chi connectivity index (χ1n) is 7.58. The van der Waals surface area contributed by atoms with Crippen molar-refractivity contribution in [2.75, 3.05) is 25.4 Å². The van der Waals surface area contributed by atoms with Crippen LogP contribution in [0.3, 0.4) is 0 Å². The second kappa shape index (κ2) is 6.29. The molecule has 19 heavy (non-hydrogen) atoms. The summed E-state index contributed by atoms with van der Waals surface area (Å²) in [5.74, 6) is 1.26. The average molecular weight is 276 g/mol. The van der Waals surface area contributed by atoms with E-state index in [1.54, 1.807) is 5.56 Å². The predicted octanol–water partition coefficient (Wildman–Crippen LogP) is 3.30. The zero-order valence-electron chi connectivity index (χ0n) is 11.8. The minimum Gasteiger partial charge on any atom is -0.315 e. The van der Waals surface area contributed by atoms with Crippen LogP contribution in [0.5, 0.6) is 0 Å². The Bertz CT molecular complexity index is 415. The first-order chi connectivity index (χ1) is 9.40. The minimum atomic E-state index is 0.632. The van der Waals surface area contributed by atoms with Crippen molar-refractivity contribution in [2.24, 2.45) is 0 Å². The standard InChI is InChI=1S/C16H24N2S/c1-2-18(13-6-5-10-17-12-13)15-9-11-19-16-8-4-3-7-14(15)16/h3-4,7-8,13,15,17H,2,5-6,9-12H2,1H3. The molecule has 0 amide bonds. The molecule has 104 valence electrons. The highest BCUT2D eigenvalue weighted by Crippen LogP contribution is 2.40. The molecule has 1 aromatic rings. The minimum absolute atomic E-state index is 0.632. The lowest BCUT2D eigenvalue weighted by molar-refractivity contribution is 0.114. The van der Waals surface area contributed by atoms with Crippen LogP contribution < -0.4 is 5.32 Å². The van der Waals surface area contributed by atoms with Gasteiger partial charge in [-0.2, -0.15) is 0 Å². The molecule has 1 aromatic carbocycles. The summed E-state index contributed by atoms with van der Waals surface area (Å²) in [4.78, 5) is 4.24. The van der Waals surface area contributed by atoms with Gasteiger partial charge in [-0.15, -0.1) is 11.8 Å². The fraction of sp³-hybridized carbons (Fsp3) is 0.625. The van der Waals surface area contributed by atoms with Crippen LogP contribution >= 0.6 is 11.8 Å². The first kappa shape index (κ1) is 13.5. The molecule has 1 fully saturated rings. The summed E-state index contributed by atoms with van der Waals surface area (Å²) in [6.07, 6.45) is 3.98. The lowest BCUT2D eigenvalue weighted by atomic mass is 9.97. The van der Waals surface area contributed by atoms with Crippen LogP contribution in [-0.4, -0.2) is 36.3 Å². The van der Waals surface area contributed by atoms with E-state index in [0.717, 1.165) is 12.6 Å². The third-order valence-electron chi connectivity index (χ3n) is 4.43. The van der Waals surface area contributed by atoms with E-state index in [-0.39, 0.29) is 0 Å². The molecule has 0 spiro atoms. The first-order valence-corrected chi connectivity index (χ1v) is 8.57. The van der Waals surface area contributed by atoms with E-state index >= 15 is 0 Å². The molecule has 2 atom stereocenters. The highest BCUT2D eigenvalue weighted by molar-refractivity contribution is 7.99. The number of benzene rings is 1. The van der Waals surface area contributed by atoms with E-state index in [1.807, 2.05) is 11.8 Å². The largest absolute Gasteiger partial charge is 0.315 e. The van der Waals surface area contributed by atoms with Gasteiger partial charge < -0.3 is 5.32 Å². The van der Waals surface area contributed by atoms with Gasteiger partial charge in [0.25, 0.3) is 0 Å². The summed E-state index contributed by atoms with van der Waals surface area (Å²) in [5, 5.41) is 3.57. The van der Waals surface area contributed by atoms with Crippen molar-refractivity contribution in [3.63, 3.8) is 0 Å². The molecule has 1 saturated heterocycles. The molecule has 2 nitrogen and oxygen atoms in total. The number of likely N-dealkylation sites (N-methyl/N-ethyl adjacent to an activating group) is 1. The van der Waals surface area contributed by atoms with Crippen LogP contribution in [0.4, 0.5) is 0 Å². The molecule has 2 aliphatic heterocycles. The monoisotopic (exact) mass is 276 g/mol. The Balaban J connectivity index is 1.83. The van der Waals surface area contributed by atoms with E-state index in [4.69, 9.17) is 0 Å². The normalized spacial score (nSPS) is 27.3. The highest BCUT2D eigenvalue weighted by Gasteiger charge is 2.30. The molecular formula is C16H24N2S. The molecule has 0 bridgehead atoms. The van der Waals surface area contributed by atoms with Crippen LogP contribution in [0.15, 0.2) is 29.2 Å². The van der Waals surface area contributed by atoms with Gasteiger partial charge in [0.05, 0.1) is 0 Å². The Labute approximate surface area is 121 Å². The molecule has 0 aliphatic carbocycles. The van der Waals surface area contributed by atoms with E-state index in [1.165, 1.54) is 43.0 Å². The Morgan fingerprint density at radius 2 is 2.21 bits per heavy atom. The second-order valence-electron chi connectivity index (χ2n) is 5.52. The van der Waals surface area contributed by atoms with Crippen LogP contribution in [0.2, 0.25) is 0 Å². The molecule has 0 radical (unpaired) electrons. The third-order valence-corrected chi connectivity index (χ3v) is 5.55. The maximum Gasteiger partial charge on any atom is 0.0370 e. The van der Waals surface area contributed by atoms with Gasteiger partial charge in [0.1, 0.15) is 0 Å². The number of piperidine rings is 1. The molecule has 2 heterocycles. The molecule has 2 aliphatic rings. The maximum atomic E-state index is 3.57. The summed E-state index contributed by atoms with van der Waals surface area (Å²) in [7, 11) is 0. The number of nitrogens with zero attached hydrogens (tertiary/aromatic N) is 1. The fourth-order valence-corrected chi connectivity index (χ4v) is 4.62. The summed E-state index contributed by atoms with van der Waals surface area (Å²) >= 11 is 2.02. The Morgan fingerprint density at radius 3 is 3.00 bits per heavy atom. The van der Waals surface area contributed by atoms with Crippen LogP contribution in [0.25, 0.3) is 0 Å². The summed E-state index contributed by atoms with van der Waals surface area (Å²) in [5.41, 5.74) is 1.56. The van der Waals surface area contributed by atoms with Crippen LogP contribution in [0.1, 0.15) is 37.8 Å². The van der Waals surface area contributed by atoms with Gasteiger partial charge in [0.15, 0.2) is 0 Å². The van der Waals surface area contributed by atoms with Crippen LogP contribution in [0, 0.1) is 0 Å². The lowest BCUT2D eigenvalue weighted by Gasteiger charge is -2.41. The number of nitrogens with one attached hydrogen (secondary N) is 1. The molecule has 0 aromatic heterocycles. The van der Waals surface area contributed by atoms with E-state index < -0.39 is 0 Å². The molecule has 2 unspecified atom stereocenters. The number of hydrogen-bond donors (Lipinski definition) is 1. The van der Waals surface area contributed by atoms with Crippen molar-refractivity contribution in [3.05, 3.63) is 29.8 Å². The van der Waals surface area contributed by atoms with Gasteiger partial charge in [0.2, 0.25) is 0 Å². The third kappa shape index (κ3) is 2.83. The molecular weight excluding hydrogens is 252 g/mol. The van der Waals surface area contributed by atoms with Crippen molar-refractivity contribution in [3.8, 4) is 0 Å². The van der Waals surface area contributed by atoms with Crippen molar-refractivity contribution in [1.29, 1.82) is 0 Å². The van der Waals surface area contributed by atoms with Gasteiger partial charge in [-0.1, -0.05) is 25.1 Å². The summed E-state index contributed by atoms with van der Waals surface area (Å²) < 4.78 is 0. The maximum absolute atomic E-state index is 3.57. The van der Waals surface area contributed by atoms with Crippen molar-refractivity contribution in [2.45, 2.75) is 43.2 Å². The SMILES string of the molecule is CCN(C1CCCNC1)C1CCSc2ccccc21. The Morgan fingerprint density at radius 1 is 1.32 bits per heavy atom. The average Bonchev–Trinajstić information content (AvgIpc) is 2.49. The molecule has 3 rings (SSSR count). The van der Waals surface area contributed by atoms with E-state index in [9.17, 15) is 0 Å². The smallest absolute Gasteiger partial charge is 0.0370 e. The number of rotatable bonds is 3. The number of thioether (sulfide) groups is 1. The molecule has 3 heteroatoms. The topological polar surface area (TPSA) is 15.3 Å². The van der Waals surface area contributed by atoms with Crippen molar-refractivity contribution < 1.29 is 0 Å². The Hall–Kier alpha value is -0.510. The number of hydrogen-bond acceptors (Lipinski definition) is 3. The van der Waals surface area contributed by atoms with Gasteiger partial charge in [-0.3, -0.25) is 4.90 Å². The lowest BCUT2D eigenvalue weighted by Crippen LogP contribution is -2.47. The second-order valence-corrected chi connectivity index (χ2v) is 6.66. The van der Waals surface area contributed by atoms with E-state index in [2.05, 4.69) is 41.4 Å². The van der Waals surface area contributed by atoms with Gasteiger partial charge >= 0.3 is 0 Å². The quantitative estimate of drug-likeness (QED) is 0.912. The molecule has 0 saturated carbocycles. The zero-order chi connectivity index (χ0) is 13.1. The molecule has 1 N–H and O–H groups in total.